The third kappa shape index (κ3) is 3.57. The van der Waals surface area contributed by atoms with Crippen molar-refractivity contribution >= 4 is 46.0 Å². The van der Waals surface area contributed by atoms with E-state index in [1.54, 1.807) is 48.5 Å². The second kappa shape index (κ2) is 8.02. The van der Waals surface area contributed by atoms with Gasteiger partial charge < -0.3 is 0 Å². The van der Waals surface area contributed by atoms with E-state index in [9.17, 15) is 24.0 Å². The SMILES string of the molecule is O=C(CN1C(=O)c2ccccc2C1=O)Nc1nnc(CCN2C(=O)c3ccccc3C2=O)s1. The quantitative estimate of drug-likeness (QED) is 0.552. The van der Waals surface area contributed by atoms with Crippen molar-refractivity contribution in [3.8, 4) is 0 Å². The van der Waals surface area contributed by atoms with Crippen molar-refractivity contribution in [2.75, 3.05) is 18.4 Å². The topological polar surface area (TPSA) is 130 Å². The first-order valence-corrected chi connectivity index (χ1v) is 10.8. The molecule has 3 heterocycles. The van der Waals surface area contributed by atoms with Crippen molar-refractivity contribution in [1.29, 1.82) is 0 Å². The number of fused-ring (bicyclic) bond motifs is 2. The number of benzene rings is 2. The van der Waals surface area contributed by atoms with E-state index in [-0.39, 0.29) is 41.0 Å². The van der Waals surface area contributed by atoms with Crippen LogP contribution in [0.4, 0.5) is 5.13 Å². The summed E-state index contributed by atoms with van der Waals surface area (Å²) in [6, 6.07) is 13.0. The summed E-state index contributed by atoms with van der Waals surface area (Å²) in [5.41, 5.74) is 1.28. The van der Waals surface area contributed by atoms with Crippen molar-refractivity contribution in [2.24, 2.45) is 0 Å². The molecule has 164 valence electrons. The summed E-state index contributed by atoms with van der Waals surface area (Å²) in [5, 5.41) is 11.1. The monoisotopic (exact) mass is 461 g/mol. The number of hydrogen-bond donors (Lipinski definition) is 1. The standard InChI is InChI=1S/C22H15N5O5S/c28-16(11-27-20(31)14-7-3-4-8-15(14)21(27)32)23-22-25-24-17(33-22)9-10-26-18(29)12-5-1-2-6-13(12)19(26)30/h1-8H,9-11H2,(H,23,25,28). The van der Waals surface area contributed by atoms with E-state index >= 15 is 0 Å². The average molecular weight is 461 g/mol. The molecule has 0 aliphatic carbocycles. The Kier molecular flexibility index (Phi) is 5.02. The molecule has 11 heteroatoms. The van der Waals surface area contributed by atoms with Crippen LogP contribution in [0.15, 0.2) is 48.5 Å². The van der Waals surface area contributed by atoms with Gasteiger partial charge in [0, 0.05) is 13.0 Å². The Bertz CT molecular complexity index is 1280. The molecule has 2 aliphatic heterocycles. The first-order valence-electron chi connectivity index (χ1n) is 9.96. The predicted molar refractivity (Wildman–Crippen MR) is 116 cm³/mol. The van der Waals surface area contributed by atoms with Crippen molar-refractivity contribution in [3.05, 3.63) is 75.8 Å². The van der Waals surface area contributed by atoms with Crippen LogP contribution in [0, 0.1) is 0 Å². The van der Waals surface area contributed by atoms with Gasteiger partial charge in [-0.2, -0.15) is 0 Å². The lowest BCUT2D eigenvalue weighted by atomic mass is 10.1. The lowest BCUT2D eigenvalue weighted by molar-refractivity contribution is -0.116. The zero-order chi connectivity index (χ0) is 23.1. The fourth-order valence-electron chi connectivity index (χ4n) is 3.74. The van der Waals surface area contributed by atoms with Gasteiger partial charge in [0.25, 0.3) is 23.6 Å². The molecule has 1 aromatic heterocycles. The fraction of sp³-hybridized carbons (Fsp3) is 0.136. The number of rotatable bonds is 6. The van der Waals surface area contributed by atoms with Crippen LogP contribution in [0.2, 0.25) is 0 Å². The molecule has 2 aromatic carbocycles. The normalized spacial score (nSPS) is 14.7. The van der Waals surface area contributed by atoms with Crippen LogP contribution in [-0.2, 0) is 11.2 Å². The van der Waals surface area contributed by atoms with Gasteiger partial charge in [-0.25, -0.2) is 0 Å². The highest BCUT2D eigenvalue weighted by molar-refractivity contribution is 7.15. The first kappa shape index (κ1) is 20.6. The summed E-state index contributed by atoms with van der Waals surface area (Å²) in [5.74, 6) is -2.34. The van der Waals surface area contributed by atoms with Gasteiger partial charge in [0.1, 0.15) is 11.6 Å². The molecule has 10 nitrogen and oxygen atoms in total. The number of hydrogen-bond acceptors (Lipinski definition) is 8. The lowest BCUT2D eigenvalue weighted by Crippen LogP contribution is -2.37. The second-order valence-electron chi connectivity index (χ2n) is 7.35. The number of aromatic nitrogens is 2. The Balaban J connectivity index is 1.18. The number of imide groups is 2. The Hall–Kier alpha value is -4.25. The maximum atomic E-state index is 12.4. The summed E-state index contributed by atoms with van der Waals surface area (Å²) in [7, 11) is 0. The molecule has 3 aromatic rings. The van der Waals surface area contributed by atoms with Gasteiger partial charge in [-0.15, -0.1) is 10.2 Å². The van der Waals surface area contributed by atoms with E-state index < -0.39 is 24.3 Å². The second-order valence-corrected chi connectivity index (χ2v) is 8.41. The van der Waals surface area contributed by atoms with Gasteiger partial charge >= 0.3 is 0 Å². The van der Waals surface area contributed by atoms with Crippen molar-refractivity contribution in [3.63, 3.8) is 0 Å². The fourth-order valence-corrected chi connectivity index (χ4v) is 4.48. The summed E-state index contributed by atoms with van der Waals surface area (Å²) in [4.78, 5) is 64.1. The van der Waals surface area contributed by atoms with E-state index in [2.05, 4.69) is 15.5 Å². The Morgan fingerprint density at radius 2 is 1.24 bits per heavy atom. The van der Waals surface area contributed by atoms with E-state index in [4.69, 9.17) is 0 Å². The largest absolute Gasteiger partial charge is 0.299 e. The first-order chi connectivity index (χ1) is 15.9. The van der Waals surface area contributed by atoms with E-state index in [0.29, 0.717) is 16.1 Å². The zero-order valence-corrected chi connectivity index (χ0v) is 17.8. The Labute approximate surface area is 190 Å². The third-order valence-corrected chi connectivity index (χ3v) is 6.22. The van der Waals surface area contributed by atoms with Crippen LogP contribution in [0.1, 0.15) is 46.4 Å². The van der Waals surface area contributed by atoms with Crippen LogP contribution in [0.25, 0.3) is 0 Å². The highest BCUT2D eigenvalue weighted by Crippen LogP contribution is 2.24. The van der Waals surface area contributed by atoms with E-state index in [1.165, 1.54) is 0 Å². The molecule has 0 atom stereocenters. The third-order valence-electron chi connectivity index (χ3n) is 5.32. The van der Waals surface area contributed by atoms with Gasteiger partial charge in [-0.1, -0.05) is 35.6 Å². The summed E-state index contributed by atoms with van der Waals surface area (Å²) in [6.45, 7) is -0.319. The van der Waals surface area contributed by atoms with Gasteiger partial charge in [-0.05, 0) is 24.3 Å². The average Bonchev–Trinajstić information content (AvgIpc) is 3.44. The lowest BCUT2D eigenvalue weighted by Gasteiger charge is -2.12. The van der Waals surface area contributed by atoms with Gasteiger partial charge in [0.05, 0.1) is 22.3 Å². The smallest absolute Gasteiger partial charge is 0.262 e. The number of amides is 5. The zero-order valence-electron chi connectivity index (χ0n) is 17.0. The molecule has 1 N–H and O–H groups in total. The number of nitrogens with one attached hydrogen (secondary N) is 1. The molecule has 0 unspecified atom stereocenters. The maximum absolute atomic E-state index is 12.4. The van der Waals surface area contributed by atoms with Crippen LogP contribution in [0.3, 0.4) is 0 Å². The maximum Gasteiger partial charge on any atom is 0.262 e. The van der Waals surface area contributed by atoms with Crippen LogP contribution in [0.5, 0.6) is 0 Å². The number of carbonyl (C=O) groups excluding carboxylic acids is 5. The highest BCUT2D eigenvalue weighted by Gasteiger charge is 2.37. The van der Waals surface area contributed by atoms with Crippen LogP contribution >= 0.6 is 11.3 Å². The Morgan fingerprint density at radius 3 is 1.76 bits per heavy atom. The number of nitrogens with zero attached hydrogens (tertiary/aromatic N) is 4. The number of carbonyl (C=O) groups is 5. The molecule has 0 spiro atoms. The van der Waals surface area contributed by atoms with E-state index in [0.717, 1.165) is 21.1 Å². The highest BCUT2D eigenvalue weighted by atomic mass is 32.1. The van der Waals surface area contributed by atoms with Gasteiger partial charge in [-0.3, -0.25) is 39.1 Å². The summed E-state index contributed by atoms with van der Waals surface area (Å²) < 4.78 is 0. The molecule has 0 fully saturated rings. The Morgan fingerprint density at radius 1 is 0.758 bits per heavy atom. The van der Waals surface area contributed by atoms with Gasteiger partial charge in [0.15, 0.2) is 0 Å². The van der Waals surface area contributed by atoms with Gasteiger partial charge in [0.2, 0.25) is 11.0 Å². The molecular formula is C22H15N5O5S. The molecule has 0 bridgehead atoms. The van der Waals surface area contributed by atoms with Crippen molar-refractivity contribution in [1.82, 2.24) is 20.0 Å². The molecule has 2 aliphatic rings. The summed E-state index contributed by atoms with van der Waals surface area (Å²) in [6.07, 6.45) is 0.275. The van der Waals surface area contributed by atoms with Crippen molar-refractivity contribution < 1.29 is 24.0 Å². The summed E-state index contributed by atoms with van der Waals surface area (Å²) >= 11 is 1.09. The molecule has 5 rings (SSSR count). The van der Waals surface area contributed by atoms with E-state index in [1.807, 2.05) is 0 Å². The number of anilines is 1. The molecule has 0 radical (unpaired) electrons. The minimum atomic E-state index is -0.590. The van der Waals surface area contributed by atoms with Crippen LogP contribution in [-0.4, -0.2) is 62.6 Å². The minimum Gasteiger partial charge on any atom is -0.299 e. The molecule has 33 heavy (non-hydrogen) atoms. The van der Waals surface area contributed by atoms with Crippen molar-refractivity contribution in [2.45, 2.75) is 6.42 Å². The molecular weight excluding hydrogens is 446 g/mol. The molecule has 5 amide bonds. The predicted octanol–water partition coefficient (Wildman–Crippen LogP) is 1.61. The van der Waals surface area contributed by atoms with Crippen LogP contribution < -0.4 is 5.32 Å². The minimum absolute atomic E-state index is 0.129. The molecule has 0 saturated heterocycles. The molecule has 0 saturated carbocycles.